The van der Waals surface area contributed by atoms with Crippen molar-refractivity contribution in [2.24, 2.45) is 0 Å². The molecule has 0 fully saturated rings. The summed E-state index contributed by atoms with van der Waals surface area (Å²) in [6.45, 7) is 1.43. The minimum Gasteiger partial charge on any atom is -0.481 e. The van der Waals surface area contributed by atoms with Gasteiger partial charge < -0.3 is 14.5 Å². The molecule has 3 aromatic rings. The molecule has 3 rings (SSSR count). The number of rotatable bonds is 5. The van der Waals surface area contributed by atoms with Gasteiger partial charge in [-0.3, -0.25) is 4.79 Å². The monoisotopic (exact) mass is 363 g/mol. The van der Waals surface area contributed by atoms with Crippen molar-refractivity contribution in [1.29, 1.82) is 0 Å². The minimum absolute atomic E-state index is 0.330. The number of ether oxygens (including phenoxy) is 1. The van der Waals surface area contributed by atoms with Crippen LogP contribution in [0.2, 0.25) is 0 Å². The van der Waals surface area contributed by atoms with E-state index in [-0.39, 0.29) is 0 Å². The first-order chi connectivity index (χ1) is 12.5. The maximum atomic E-state index is 13.6. The molecule has 1 N–H and O–H groups in total. The van der Waals surface area contributed by atoms with Gasteiger partial charge in [0.05, 0.1) is 5.69 Å². The van der Waals surface area contributed by atoms with Crippen molar-refractivity contribution >= 4 is 11.6 Å². The molecule has 0 spiro atoms. The van der Waals surface area contributed by atoms with Crippen LogP contribution < -0.4 is 10.1 Å². The first-order valence-corrected chi connectivity index (χ1v) is 7.43. The van der Waals surface area contributed by atoms with Crippen molar-refractivity contribution in [2.45, 2.75) is 13.0 Å². The van der Waals surface area contributed by atoms with E-state index in [0.717, 1.165) is 12.1 Å². The van der Waals surface area contributed by atoms with Gasteiger partial charge in [0.15, 0.2) is 23.6 Å². The molecule has 1 heterocycles. The molecule has 1 aromatic heterocycles. The van der Waals surface area contributed by atoms with Crippen LogP contribution in [0.15, 0.2) is 47.2 Å². The lowest BCUT2D eigenvalue weighted by atomic mass is 10.2. The standard InChI is InChI=1S/C17H12F3N3O3/c1-9(16(24)22-13-7-6-12(18)14(19)15(13)20)26-11-4-2-10(3-5-11)17-23-21-8-25-17/h2-9H,1H3,(H,22,24). The zero-order chi connectivity index (χ0) is 18.7. The van der Waals surface area contributed by atoms with E-state index < -0.39 is 35.2 Å². The maximum Gasteiger partial charge on any atom is 0.265 e. The van der Waals surface area contributed by atoms with Crippen molar-refractivity contribution < 1.29 is 27.1 Å². The molecule has 134 valence electrons. The summed E-state index contributed by atoms with van der Waals surface area (Å²) in [5.41, 5.74) is 0.187. The number of nitrogens with one attached hydrogen (secondary N) is 1. The average Bonchev–Trinajstić information content (AvgIpc) is 3.17. The Labute approximate surface area is 145 Å². The Hall–Kier alpha value is -3.36. The highest BCUT2D eigenvalue weighted by Crippen LogP contribution is 2.22. The van der Waals surface area contributed by atoms with E-state index in [2.05, 4.69) is 15.5 Å². The summed E-state index contributed by atoms with van der Waals surface area (Å²) in [7, 11) is 0. The van der Waals surface area contributed by atoms with Gasteiger partial charge in [0.1, 0.15) is 5.75 Å². The summed E-state index contributed by atoms with van der Waals surface area (Å²) in [6.07, 6.45) is 0.181. The molecule has 2 aromatic carbocycles. The minimum atomic E-state index is -1.66. The molecule has 1 atom stereocenters. The summed E-state index contributed by atoms with van der Waals surface area (Å²) in [4.78, 5) is 12.1. The number of nitrogens with zero attached hydrogens (tertiary/aromatic N) is 2. The Morgan fingerprint density at radius 1 is 1.12 bits per heavy atom. The van der Waals surface area contributed by atoms with E-state index in [1.165, 1.54) is 13.3 Å². The zero-order valence-corrected chi connectivity index (χ0v) is 13.4. The molecule has 26 heavy (non-hydrogen) atoms. The summed E-state index contributed by atoms with van der Waals surface area (Å²) < 4.78 is 50.2. The highest BCUT2D eigenvalue weighted by atomic mass is 19.2. The topological polar surface area (TPSA) is 77.2 Å². The van der Waals surface area contributed by atoms with Gasteiger partial charge in [0, 0.05) is 5.56 Å². The average molecular weight is 363 g/mol. The van der Waals surface area contributed by atoms with Gasteiger partial charge in [-0.15, -0.1) is 10.2 Å². The van der Waals surface area contributed by atoms with Crippen LogP contribution >= 0.6 is 0 Å². The first-order valence-electron chi connectivity index (χ1n) is 7.43. The van der Waals surface area contributed by atoms with Crippen molar-refractivity contribution in [1.82, 2.24) is 10.2 Å². The molecule has 6 nitrogen and oxygen atoms in total. The Bertz CT molecular complexity index is 915. The third-order valence-electron chi connectivity index (χ3n) is 3.44. The van der Waals surface area contributed by atoms with E-state index in [1.807, 2.05) is 0 Å². The summed E-state index contributed by atoms with van der Waals surface area (Å²) in [5.74, 6) is -4.51. The van der Waals surface area contributed by atoms with Gasteiger partial charge in [-0.05, 0) is 43.3 Å². The second-order valence-electron chi connectivity index (χ2n) is 5.24. The van der Waals surface area contributed by atoms with Crippen molar-refractivity contribution in [3.8, 4) is 17.2 Å². The Kier molecular flexibility index (Phi) is 4.87. The van der Waals surface area contributed by atoms with E-state index in [1.54, 1.807) is 24.3 Å². The Morgan fingerprint density at radius 2 is 1.85 bits per heavy atom. The maximum absolute atomic E-state index is 13.6. The number of benzene rings is 2. The molecule has 9 heteroatoms. The van der Waals surface area contributed by atoms with Crippen LogP contribution in [0.3, 0.4) is 0 Å². The zero-order valence-electron chi connectivity index (χ0n) is 13.4. The van der Waals surface area contributed by atoms with Crippen LogP contribution in [0.5, 0.6) is 5.75 Å². The van der Waals surface area contributed by atoms with Crippen LogP contribution in [0.1, 0.15) is 6.92 Å². The number of hydrogen-bond acceptors (Lipinski definition) is 5. The Morgan fingerprint density at radius 3 is 2.50 bits per heavy atom. The van der Waals surface area contributed by atoms with Gasteiger partial charge in [0.2, 0.25) is 12.3 Å². The van der Waals surface area contributed by atoms with Gasteiger partial charge >= 0.3 is 0 Å². The van der Waals surface area contributed by atoms with E-state index >= 15 is 0 Å². The van der Waals surface area contributed by atoms with Crippen molar-refractivity contribution in [3.05, 3.63) is 60.2 Å². The quantitative estimate of drug-likeness (QED) is 0.702. The predicted octanol–water partition coefficient (Wildman–Crippen LogP) is 3.56. The fourth-order valence-corrected chi connectivity index (χ4v) is 2.09. The lowest BCUT2D eigenvalue weighted by Gasteiger charge is -2.15. The number of anilines is 1. The summed E-state index contributed by atoms with van der Waals surface area (Å²) >= 11 is 0. The lowest BCUT2D eigenvalue weighted by molar-refractivity contribution is -0.122. The number of hydrogen-bond donors (Lipinski definition) is 1. The van der Waals surface area contributed by atoms with Crippen LogP contribution in [0, 0.1) is 17.5 Å². The van der Waals surface area contributed by atoms with Crippen molar-refractivity contribution in [2.75, 3.05) is 5.32 Å². The number of aromatic nitrogens is 2. The van der Waals surface area contributed by atoms with Crippen LogP contribution in [0.4, 0.5) is 18.9 Å². The highest BCUT2D eigenvalue weighted by molar-refractivity contribution is 5.94. The molecule has 0 aliphatic heterocycles. The first kappa shape index (κ1) is 17.5. The molecule has 1 amide bonds. The molecule has 0 aliphatic rings. The molecule has 0 saturated carbocycles. The smallest absolute Gasteiger partial charge is 0.265 e. The largest absolute Gasteiger partial charge is 0.481 e. The molecule has 0 bridgehead atoms. The SMILES string of the molecule is CC(Oc1ccc(-c2nnco2)cc1)C(=O)Nc1ccc(F)c(F)c1F. The van der Waals surface area contributed by atoms with Crippen LogP contribution in [-0.2, 0) is 4.79 Å². The number of carbonyl (C=O) groups excluding carboxylic acids is 1. The number of amides is 1. The van der Waals surface area contributed by atoms with Gasteiger partial charge in [-0.1, -0.05) is 0 Å². The molecular formula is C17H12F3N3O3. The fraction of sp³-hybridized carbons (Fsp3) is 0.118. The fourth-order valence-electron chi connectivity index (χ4n) is 2.09. The van der Waals surface area contributed by atoms with Gasteiger partial charge in [-0.25, -0.2) is 13.2 Å². The summed E-state index contributed by atoms with van der Waals surface area (Å²) in [6, 6.07) is 8.13. The third kappa shape index (κ3) is 3.66. The normalized spacial score (nSPS) is 11.8. The highest BCUT2D eigenvalue weighted by Gasteiger charge is 2.19. The van der Waals surface area contributed by atoms with Gasteiger partial charge in [0.25, 0.3) is 5.91 Å². The van der Waals surface area contributed by atoms with Crippen LogP contribution in [-0.4, -0.2) is 22.2 Å². The summed E-state index contributed by atoms with van der Waals surface area (Å²) in [5, 5.41) is 9.48. The third-order valence-corrected chi connectivity index (χ3v) is 3.44. The van der Waals surface area contributed by atoms with Crippen molar-refractivity contribution in [3.63, 3.8) is 0 Å². The Balaban J connectivity index is 1.65. The lowest BCUT2D eigenvalue weighted by Crippen LogP contribution is -2.30. The molecule has 0 saturated heterocycles. The van der Waals surface area contributed by atoms with E-state index in [9.17, 15) is 18.0 Å². The second-order valence-corrected chi connectivity index (χ2v) is 5.24. The van der Waals surface area contributed by atoms with E-state index in [0.29, 0.717) is 17.2 Å². The molecule has 0 aliphatic carbocycles. The van der Waals surface area contributed by atoms with E-state index in [4.69, 9.17) is 9.15 Å². The van der Waals surface area contributed by atoms with Gasteiger partial charge in [-0.2, -0.15) is 0 Å². The molecule has 0 radical (unpaired) electrons. The molecule has 1 unspecified atom stereocenters. The number of carbonyl (C=O) groups is 1. The second kappa shape index (κ2) is 7.26. The molecular weight excluding hydrogens is 351 g/mol. The van der Waals surface area contributed by atoms with Crippen LogP contribution in [0.25, 0.3) is 11.5 Å². The number of halogens is 3. The predicted molar refractivity (Wildman–Crippen MR) is 84.8 cm³/mol.